The maximum absolute atomic E-state index is 5.47. The van der Waals surface area contributed by atoms with Crippen LogP contribution >= 0.6 is 0 Å². The zero-order valence-electron chi connectivity index (χ0n) is 7.18. The smallest absolute Gasteiger partial charge is 0.104 e. The van der Waals surface area contributed by atoms with Gasteiger partial charge in [0, 0.05) is 0 Å². The Morgan fingerprint density at radius 1 is 1.27 bits per heavy atom. The first-order valence-corrected chi connectivity index (χ1v) is 3.76. The van der Waals surface area contributed by atoms with Crippen LogP contribution in [-0.2, 0) is 4.74 Å². The Morgan fingerprint density at radius 3 is 2.09 bits per heavy atom. The number of rotatable bonds is 6. The lowest BCUT2D eigenvalue weighted by Gasteiger charge is -2.24. The van der Waals surface area contributed by atoms with E-state index < -0.39 is 0 Å². The van der Waals surface area contributed by atoms with E-state index in [-0.39, 0.29) is 5.60 Å². The van der Waals surface area contributed by atoms with Gasteiger partial charge >= 0.3 is 0 Å². The van der Waals surface area contributed by atoms with E-state index in [0.29, 0.717) is 6.61 Å². The quantitative estimate of drug-likeness (QED) is 0.532. The number of hydrogen-bond donors (Lipinski definition) is 0. The summed E-state index contributed by atoms with van der Waals surface area (Å²) in [5, 5.41) is 0. The summed E-state index contributed by atoms with van der Waals surface area (Å²) < 4.78 is 5.47. The van der Waals surface area contributed by atoms with Crippen molar-refractivity contribution < 1.29 is 4.74 Å². The molecule has 0 rings (SSSR count). The summed E-state index contributed by atoms with van der Waals surface area (Å²) in [6.07, 6.45) is 6.11. The third-order valence-electron chi connectivity index (χ3n) is 1.71. The minimum atomic E-state index is -0.367. The van der Waals surface area contributed by atoms with Gasteiger partial charge in [0.05, 0.1) is 6.61 Å². The van der Waals surface area contributed by atoms with Crippen LogP contribution in [-0.4, -0.2) is 12.2 Å². The molecule has 0 saturated carbocycles. The van der Waals surface area contributed by atoms with Crippen LogP contribution in [0.25, 0.3) is 0 Å². The second-order valence-electron chi connectivity index (χ2n) is 2.32. The van der Waals surface area contributed by atoms with Crippen molar-refractivity contribution in [3.8, 4) is 0 Å². The van der Waals surface area contributed by atoms with Crippen molar-refractivity contribution >= 4 is 0 Å². The van der Waals surface area contributed by atoms with Crippen LogP contribution in [0.2, 0.25) is 0 Å². The van der Waals surface area contributed by atoms with Gasteiger partial charge in [0.25, 0.3) is 0 Å². The fourth-order valence-electron chi connectivity index (χ4n) is 0.806. The van der Waals surface area contributed by atoms with Gasteiger partial charge in [-0.3, -0.25) is 0 Å². The Labute approximate surface area is 69.1 Å². The first kappa shape index (κ1) is 10.2. The van der Waals surface area contributed by atoms with Gasteiger partial charge in [-0.05, 0) is 6.42 Å². The fraction of sp³-hybridized carbons (Fsp3) is 0.400. The molecule has 0 aliphatic heterocycles. The Hall–Kier alpha value is -0.820. The van der Waals surface area contributed by atoms with Crippen LogP contribution in [0.15, 0.2) is 38.0 Å². The molecule has 0 fully saturated rings. The van der Waals surface area contributed by atoms with Gasteiger partial charge in [0.2, 0.25) is 0 Å². The SMILES string of the molecule is C=CCOC(C=C)(C=C)CC. The zero-order valence-corrected chi connectivity index (χ0v) is 7.18. The maximum Gasteiger partial charge on any atom is 0.104 e. The normalized spacial score (nSPS) is 10.6. The highest BCUT2D eigenvalue weighted by Gasteiger charge is 2.19. The number of ether oxygens (including phenoxy) is 1. The van der Waals surface area contributed by atoms with Gasteiger partial charge in [-0.25, -0.2) is 0 Å². The van der Waals surface area contributed by atoms with E-state index in [1.54, 1.807) is 18.2 Å². The van der Waals surface area contributed by atoms with E-state index in [1.807, 2.05) is 6.92 Å². The van der Waals surface area contributed by atoms with Gasteiger partial charge in [0.15, 0.2) is 0 Å². The Balaban J connectivity index is 4.15. The number of hydrogen-bond acceptors (Lipinski definition) is 1. The summed E-state index contributed by atoms with van der Waals surface area (Å²) >= 11 is 0. The summed E-state index contributed by atoms with van der Waals surface area (Å²) in [4.78, 5) is 0. The largest absolute Gasteiger partial charge is 0.363 e. The summed E-state index contributed by atoms with van der Waals surface area (Å²) in [6, 6.07) is 0. The first-order valence-electron chi connectivity index (χ1n) is 3.76. The molecule has 1 heteroatoms. The lowest BCUT2D eigenvalue weighted by atomic mass is 10.0. The summed E-state index contributed by atoms with van der Waals surface area (Å²) in [6.45, 7) is 13.5. The predicted octanol–water partition coefficient (Wildman–Crippen LogP) is 2.71. The Bertz CT molecular complexity index is 139. The van der Waals surface area contributed by atoms with Crippen LogP contribution in [0.4, 0.5) is 0 Å². The highest BCUT2D eigenvalue weighted by molar-refractivity contribution is 5.09. The van der Waals surface area contributed by atoms with E-state index >= 15 is 0 Å². The van der Waals surface area contributed by atoms with Crippen molar-refractivity contribution in [3.05, 3.63) is 38.0 Å². The lowest BCUT2D eigenvalue weighted by molar-refractivity contribution is 0.0450. The highest BCUT2D eigenvalue weighted by Crippen LogP contribution is 2.18. The van der Waals surface area contributed by atoms with Crippen molar-refractivity contribution in [2.24, 2.45) is 0 Å². The van der Waals surface area contributed by atoms with E-state index in [9.17, 15) is 0 Å². The monoisotopic (exact) mass is 152 g/mol. The molecule has 0 bridgehead atoms. The van der Waals surface area contributed by atoms with Crippen LogP contribution in [0.5, 0.6) is 0 Å². The first-order chi connectivity index (χ1) is 5.24. The van der Waals surface area contributed by atoms with E-state index in [4.69, 9.17) is 4.74 Å². The molecule has 11 heavy (non-hydrogen) atoms. The van der Waals surface area contributed by atoms with Crippen LogP contribution in [0.3, 0.4) is 0 Å². The molecule has 0 aromatic rings. The van der Waals surface area contributed by atoms with Gasteiger partial charge in [-0.15, -0.1) is 6.58 Å². The van der Waals surface area contributed by atoms with Gasteiger partial charge in [-0.1, -0.05) is 38.3 Å². The molecule has 0 aliphatic carbocycles. The van der Waals surface area contributed by atoms with Gasteiger partial charge < -0.3 is 4.74 Å². The van der Waals surface area contributed by atoms with Crippen LogP contribution < -0.4 is 0 Å². The molecule has 1 nitrogen and oxygen atoms in total. The van der Waals surface area contributed by atoms with Gasteiger partial charge in [0.1, 0.15) is 5.60 Å². The van der Waals surface area contributed by atoms with Crippen LogP contribution in [0, 0.1) is 0 Å². The van der Waals surface area contributed by atoms with Crippen molar-refractivity contribution in [2.75, 3.05) is 6.61 Å². The topological polar surface area (TPSA) is 9.23 Å². The molecule has 0 N–H and O–H groups in total. The van der Waals surface area contributed by atoms with Crippen molar-refractivity contribution in [3.63, 3.8) is 0 Å². The van der Waals surface area contributed by atoms with Crippen molar-refractivity contribution in [1.82, 2.24) is 0 Å². The lowest BCUT2D eigenvalue weighted by Crippen LogP contribution is -2.26. The molecule has 0 radical (unpaired) electrons. The molecule has 0 aromatic heterocycles. The summed E-state index contributed by atoms with van der Waals surface area (Å²) in [7, 11) is 0. The minimum Gasteiger partial charge on any atom is -0.363 e. The van der Waals surface area contributed by atoms with Gasteiger partial charge in [-0.2, -0.15) is 0 Å². The Morgan fingerprint density at radius 2 is 1.82 bits per heavy atom. The standard InChI is InChI=1S/C10H16O/c1-5-9-11-10(6-2,7-3)8-4/h5-7H,1-3,8-9H2,4H3. The molecule has 0 amide bonds. The average molecular weight is 152 g/mol. The van der Waals surface area contributed by atoms with Crippen molar-refractivity contribution in [2.45, 2.75) is 18.9 Å². The summed E-state index contributed by atoms with van der Waals surface area (Å²) in [5.74, 6) is 0. The molecule has 0 spiro atoms. The molecule has 0 atom stereocenters. The van der Waals surface area contributed by atoms with E-state index in [0.717, 1.165) is 6.42 Å². The molecule has 0 aromatic carbocycles. The molecule has 0 heterocycles. The Kier molecular flexibility index (Phi) is 4.55. The van der Waals surface area contributed by atoms with E-state index in [1.165, 1.54) is 0 Å². The third kappa shape index (κ3) is 2.72. The molecular weight excluding hydrogens is 136 g/mol. The zero-order chi connectivity index (χ0) is 8.74. The van der Waals surface area contributed by atoms with Crippen LogP contribution in [0.1, 0.15) is 13.3 Å². The molecular formula is C10H16O. The molecule has 0 unspecified atom stereocenters. The van der Waals surface area contributed by atoms with E-state index in [2.05, 4.69) is 19.7 Å². The highest BCUT2D eigenvalue weighted by atomic mass is 16.5. The van der Waals surface area contributed by atoms with Crippen molar-refractivity contribution in [1.29, 1.82) is 0 Å². The maximum atomic E-state index is 5.47. The second kappa shape index (κ2) is 4.91. The molecule has 62 valence electrons. The molecule has 0 aliphatic rings. The third-order valence-corrected chi connectivity index (χ3v) is 1.71. The summed E-state index contributed by atoms with van der Waals surface area (Å²) in [5.41, 5.74) is -0.367. The average Bonchev–Trinajstić information content (AvgIpc) is 2.08. The molecule has 0 saturated heterocycles. The predicted molar refractivity (Wildman–Crippen MR) is 49.6 cm³/mol. The minimum absolute atomic E-state index is 0.367. The fourth-order valence-corrected chi connectivity index (χ4v) is 0.806. The second-order valence-corrected chi connectivity index (χ2v) is 2.32.